The van der Waals surface area contributed by atoms with Gasteiger partial charge in [0, 0.05) is 11.2 Å². The monoisotopic (exact) mass is 338 g/mol. The van der Waals surface area contributed by atoms with Crippen molar-refractivity contribution >= 4 is 9.84 Å². The van der Waals surface area contributed by atoms with Crippen LogP contribution in [0.25, 0.3) is 0 Å². The maximum Gasteiger partial charge on any atom is 0.335 e. The topological polar surface area (TPSA) is 74.0 Å². The van der Waals surface area contributed by atoms with Crippen molar-refractivity contribution in [3.05, 3.63) is 23.0 Å². The van der Waals surface area contributed by atoms with E-state index >= 15 is 0 Å². The number of hydrogen-bond donors (Lipinski definition) is 0. The van der Waals surface area contributed by atoms with Crippen LogP contribution in [0.2, 0.25) is 0 Å². The molecule has 23 heavy (non-hydrogen) atoms. The molecule has 0 amide bonds. The molecule has 2 aliphatic carbocycles. The second-order valence-electron chi connectivity index (χ2n) is 7.05. The third-order valence-corrected chi connectivity index (χ3v) is 7.56. The van der Waals surface area contributed by atoms with Gasteiger partial charge in [0.25, 0.3) is 0 Å². The lowest BCUT2D eigenvalue weighted by Gasteiger charge is -2.21. The molecule has 1 aromatic heterocycles. The van der Waals surface area contributed by atoms with Gasteiger partial charge in [-0.1, -0.05) is 51.4 Å². The summed E-state index contributed by atoms with van der Waals surface area (Å²) in [6, 6.07) is 3.21. The molecule has 0 radical (unpaired) electrons. The fourth-order valence-corrected chi connectivity index (χ4v) is 5.79. The van der Waals surface area contributed by atoms with Crippen molar-refractivity contribution in [2.75, 3.05) is 0 Å². The molecule has 2 aliphatic rings. The Hall–Kier alpha value is -1.17. The Morgan fingerprint density at radius 3 is 2.22 bits per heavy atom. The fraction of sp³-hybridized carbons (Fsp3) is 0.765. The molecule has 5 nitrogen and oxygen atoms in total. The van der Waals surface area contributed by atoms with Crippen LogP contribution in [-0.2, 0) is 16.3 Å². The summed E-state index contributed by atoms with van der Waals surface area (Å²) in [6.45, 7) is 0. The lowest BCUT2D eigenvalue weighted by Crippen LogP contribution is -2.42. The molecular formula is C17H26N2O3S. The van der Waals surface area contributed by atoms with Gasteiger partial charge in [-0.3, -0.25) is 0 Å². The summed E-state index contributed by atoms with van der Waals surface area (Å²) in [5.41, 5.74) is 0.717. The Morgan fingerprint density at radius 2 is 1.61 bits per heavy atom. The number of nitrogens with zero attached hydrogens (tertiary/aromatic N) is 2. The summed E-state index contributed by atoms with van der Waals surface area (Å²) in [4.78, 5) is 0.349. The zero-order valence-corrected chi connectivity index (χ0v) is 14.4. The van der Waals surface area contributed by atoms with Crippen molar-refractivity contribution in [1.82, 2.24) is 5.10 Å². The van der Waals surface area contributed by atoms with Gasteiger partial charge in [0.15, 0.2) is 0 Å². The van der Waals surface area contributed by atoms with Crippen LogP contribution in [0.5, 0.6) is 0 Å². The molecule has 0 aromatic carbocycles. The first kappa shape index (κ1) is 16.7. The van der Waals surface area contributed by atoms with Crippen LogP contribution in [0.15, 0.2) is 17.2 Å². The molecule has 2 saturated carbocycles. The average molecular weight is 338 g/mol. The molecule has 128 valence electrons. The van der Waals surface area contributed by atoms with Crippen molar-refractivity contribution in [3.63, 3.8) is 0 Å². The molecule has 0 spiro atoms. The minimum absolute atomic E-state index is 0.170. The van der Waals surface area contributed by atoms with Gasteiger partial charge in [0.2, 0.25) is 9.84 Å². The maximum absolute atomic E-state index is 12.6. The third-order valence-electron chi connectivity index (χ3n) is 5.33. The Kier molecular flexibility index (Phi) is 5.19. The molecule has 6 heteroatoms. The summed E-state index contributed by atoms with van der Waals surface area (Å²) in [5, 5.41) is 15.6. The van der Waals surface area contributed by atoms with Crippen molar-refractivity contribution in [2.45, 2.75) is 80.9 Å². The summed E-state index contributed by atoms with van der Waals surface area (Å²) in [7, 11) is -3.55. The lowest BCUT2D eigenvalue weighted by atomic mass is 9.86. The second-order valence-corrected chi connectivity index (χ2v) is 9.22. The van der Waals surface area contributed by atoms with Gasteiger partial charge in [0.1, 0.15) is 5.69 Å². The first-order valence-electron chi connectivity index (χ1n) is 8.91. The molecule has 1 heterocycles. The zero-order valence-electron chi connectivity index (χ0n) is 13.6. The molecule has 3 rings (SSSR count). The molecular weight excluding hydrogens is 312 g/mol. The fourth-order valence-electron chi connectivity index (χ4n) is 3.98. The van der Waals surface area contributed by atoms with E-state index in [0.717, 1.165) is 31.4 Å². The Bertz CT molecular complexity index is 633. The van der Waals surface area contributed by atoms with E-state index < -0.39 is 15.1 Å². The number of sulfone groups is 1. The van der Waals surface area contributed by atoms with Crippen LogP contribution in [0.3, 0.4) is 0 Å². The molecule has 1 aromatic rings. The van der Waals surface area contributed by atoms with Crippen LogP contribution in [0.4, 0.5) is 0 Å². The van der Waals surface area contributed by atoms with Crippen molar-refractivity contribution in [2.24, 2.45) is 5.92 Å². The Balaban J connectivity index is 1.75. The van der Waals surface area contributed by atoms with Crippen LogP contribution in [0.1, 0.15) is 69.9 Å². The first-order chi connectivity index (χ1) is 11.1. The van der Waals surface area contributed by atoms with Gasteiger partial charge >= 0.3 is 5.03 Å². The lowest BCUT2D eigenvalue weighted by molar-refractivity contribution is -0.708. The van der Waals surface area contributed by atoms with E-state index in [2.05, 4.69) is 5.10 Å². The van der Waals surface area contributed by atoms with Gasteiger partial charge in [-0.05, 0) is 36.1 Å². The molecule has 0 N–H and O–H groups in total. The third kappa shape index (κ3) is 3.84. The highest BCUT2D eigenvalue weighted by atomic mass is 32.2. The minimum atomic E-state index is -3.55. The van der Waals surface area contributed by atoms with Crippen LogP contribution < -0.4 is 4.85 Å². The van der Waals surface area contributed by atoms with Crippen molar-refractivity contribution in [1.29, 1.82) is 0 Å². The van der Waals surface area contributed by atoms with E-state index in [9.17, 15) is 13.6 Å². The molecule has 0 atom stereocenters. The largest absolute Gasteiger partial charge is 0.593 e. The first-order valence-corrected chi connectivity index (χ1v) is 10.5. The van der Waals surface area contributed by atoms with Crippen LogP contribution >= 0.6 is 0 Å². The SMILES string of the molecule is O=S(=O)(c1ccc(CC2CCCCC2)n[n+]1[O-])C1CCCCC1. The van der Waals surface area contributed by atoms with Crippen molar-refractivity contribution < 1.29 is 13.3 Å². The smallest absolute Gasteiger partial charge is 0.335 e. The van der Waals surface area contributed by atoms with E-state index in [-0.39, 0.29) is 5.03 Å². The minimum Gasteiger partial charge on any atom is -0.593 e. The van der Waals surface area contributed by atoms with Crippen LogP contribution in [0, 0.1) is 11.1 Å². The highest BCUT2D eigenvalue weighted by Crippen LogP contribution is 2.28. The van der Waals surface area contributed by atoms with E-state index in [1.54, 1.807) is 6.07 Å². The van der Waals surface area contributed by atoms with E-state index in [0.29, 0.717) is 23.6 Å². The molecule has 0 unspecified atom stereocenters. The number of rotatable bonds is 4. The standard InChI is InChI=1S/C17H26N2O3S/c20-19-17(23(21,22)16-9-5-2-6-10-16)12-11-15(18-19)13-14-7-3-1-4-8-14/h11-12,14,16H,1-10,13H2. The summed E-state index contributed by atoms with van der Waals surface area (Å²) < 4.78 is 25.3. The maximum atomic E-state index is 12.6. The number of aromatic nitrogens is 2. The number of hydrogen-bond acceptors (Lipinski definition) is 4. The van der Waals surface area contributed by atoms with Gasteiger partial charge in [-0.25, -0.2) is 8.42 Å². The van der Waals surface area contributed by atoms with E-state index in [1.807, 2.05) is 0 Å². The van der Waals surface area contributed by atoms with E-state index in [1.165, 1.54) is 38.2 Å². The van der Waals surface area contributed by atoms with Gasteiger partial charge in [-0.15, -0.1) is 0 Å². The highest BCUT2D eigenvalue weighted by Gasteiger charge is 2.35. The molecule has 0 saturated heterocycles. The zero-order chi connectivity index (χ0) is 16.3. The normalized spacial score (nSPS) is 21.4. The van der Waals surface area contributed by atoms with Crippen molar-refractivity contribution in [3.8, 4) is 0 Å². The molecule has 0 bridgehead atoms. The predicted octanol–water partition coefficient (Wildman–Crippen LogP) is 2.94. The average Bonchev–Trinajstić information content (AvgIpc) is 2.56. The summed E-state index contributed by atoms with van der Waals surface area (Å²) in [5.74, 6) is 0.581. The van der Waals surface area contributed by atoms with Gasteiger partial charge < -0.3 is 5.21 Å². The quantitative estimate of drug-likeness (QED) is 0.625. The summed E-state index contributed by atoms with van der Waals surface area (Å²) >= 11 is 0. The van der Waals surface area contributed by atoms with E-state index in [4.69, 9.17) is 0 Å². The van der Waals surface area contributed by atoms with Gasteiger partial charge in [-0.2, -0.15) is 0 Å². The molecule has 2 fully saturated rings. The Morgan fingerprint density at radius 1 is 1.00 bits per heavy atom. The Labute approximate surface area is 138 Å². The second kappa shape index (κ2) is 7.16. The molecule has 0 aliphatic heterocycles. The predicted molar refractivity (Wildman–Crippen MR) is 87.5 cm³/mol. The van der Waals surface area contributed by atoms with Crippen LogP contribution in [-0.4, -0.2) is 18.8 Å². The highest BCUT2D eigenvalue weighted by molar-refractivity contribution is 7.91. The summed E-state index contributed by atoms with van der Waals surface area (Å²) in [6.07, 6.45) is 11.2. The van der Waals surface area contributed by atoms with Gasteiger partial charge in [0.05, 0.1) is 5.25 Å².